The number of carbonyl (C=O) groups excluding carboxylic acids is 2. The molecule has 0 aliphatic rings. The van der Waals surface area contributed by atoms with Crippen LogP contribution < -0.4 is 5.32 Å². The second-order valence-electron chi connectivity index (χ2n) is 7.75. The Morgan fingerprint density at radius 1 is 0.946 bits per heavy atom. The number of alkyl halides is 3. The number of nitrogens with one attached hydrogen (secondary N) is 1. The van der Waals surface area contributed by atoms with Gasteiger partial charge in [-0.25, -0.2) is 9.50 Å². The van der Waals surface area contributed by atoms with Crippen LogP contribution in [-0.2, 0) is 6.18 Å². The van der Waals surface area contributed by atoms with Crippen LogP contribution in [0.25, 0.3) is 16.2 Å². The Morgan fingerprint density at radius 3 is 2.43 bits per heavy atom. The van der Waals surface area contributed by atoms with Crippen LogP contribution in [0.1, 0.15) is 32.1 Å². The third-order valence-electron chi connectivity index (χ3n) is 5.32. The van der Waals surface area contributed by atoms with Gasteiger partial charge in [-0.3, -0.25) is 9.59 Å². The molecule has 0 bridgehead atoms. The van der Waals surface area contributed by atoms with Crippen molar-refractivity contribution in [1.29, 1.82) is 0 Å². The predicted molar refractivity (Wildman–Crippen MR) is 136 cm³/mol. The Morgan fingerprint density at radius 2 is 1.73 bits per heavy atom. The SMILES string of the molecule is O=C(Nc1ccc(Cl)cc1C(=O)c1ccccc1Cl)c1cc2nc(-c3cccs3)cc(C(F)(F)F)n2n1. The van der Waals surface area contributed by atoms with Crippen LogP contribution in [0.3, 0.4) is 0 Å². The molecular formula is C25H13Cl2F3N4O2S. The molecule has 0 saturated heterocycles. The van der Waals surface area contributed by atoms with Crippen LogP contribution in [0.15, 0.2) is 72.1 Å². The van der Waals surface area contributed by atoms with E-state index in [-0.39, 0.29) is 43.9 Å². The lowest BCUT2D eigenvalue weighted by molar-refractivity contribution is -0.142. The summed E-state index contributed by atoms with van der Waals surface area (Å²) in [6, 6.07) is 16.0. The number of aromatic nitrogens is 3. The first-order valence-corrected chi connectivity index (χ1v) is 12.2. The summed E-state index contributed by atoms with van der Waals surface area (Å²) in [5, 5.41) is 8.56. The number of thiophene rings is 1. The van der Waals surface area contributed by atoms with Crippen molar-refractivity contribution in [3.05, 3.63) is 105 Å². The van der Waals surface area contributed by atoms with E-state index in [4.69, 9.17) is 23.2 Å². The first-order valence-electron chi connectivity index (χ1n) is 10.5. The Balaban J connectivity index is 1.54. The first-order chi connectivity index (χ1) is 17.6. The fourth-order valence-electron chi connectivity index (χ4n) is 3.63. The summed E-state index contributed by atoms with van der Waals surface area (Å²) in [7, 11) is 0. The number of amides is 1. The normalized spacial score (nSPS) is 11.6. The minimum absolute atomic E-state index is 0.0480. The number of anilines is 1. The lowest BCUT2D eigenvalue weighted by Crippen LogP contribution is -2.17. The number of halogens is 5. The van der Waals surface area contributed by atoms with Crippen LogP contribution in [0, 0.1) is 0 Å². The molecule has 0 saturated carbocycles. The average Bonchev–Trinajstić information content (AvgIpc) is 3.54. The molecule has 0 aliphatic carbocycles. The predicted octanol–water partition coefficient (Wildman–Crippen LogP) is 7.27. The van der Waals surface area contributed by atoms with E-state index >= 15 is 0 Å². The van der Waals surface area contributed by atoms with Gasteiger partial charge in [0.15, 0.2) is 22.8 Å². The summed E-state index contributed by atoms with van der Waals surface area (Å²) in [6.45, 7) is 0. The molecular weight excluding hydrogens is 548 g/mol. The molecule has 37 heavy (non-hydrogen) atoms. The van der Waals surface area contributed by atoms with Gasteiger partial charge in [-0.05, 0) is 47.8 Å². The quantitative estimate of drug-likeness (QED) is 0.229. The topological polar surface area (TPSA) is 76.4 Å². The van der Waals surface area contributed by atoms with E-state index in [2.05, 4.69) is 15.4 Å². The van der Waals surface area contributed by atoms with E-state index in [1.54, 1.807) is 35.7 Å². The number of nitrogens with zero attached hydrogens (tertiary/aromatic N) is 3. The fourth-order valence-corrected chi connectivity index (χ4v) is 4.71. The van der Waals surface area contributed by atoms with Gasteiger partial charge in [0, 0.05) is 22.2 Å². The number of hydrogen-bond donors (Lipinski definition) is 1. The van der Waals surface area contributed by atoms with E-state index in [1.165, 1.54) is 35.6 Å². The number of ketones is 1. The summed E-state index contributed by atoms with van der Waals surface area (Å²) >= 11 is 13.5. The first kappa shape index (κ1) is 24.9. The molecule has 1 amide bonds. The van der Waals surface area contributed by atoms with Gasteiger partial charge in [0.2, 0.25) is 0 Å². The molecule has 6 nitrogen and oxygen atoms in total. The van der Waals surface area contributed by atoms with E-state index in [1.807, 2.05) is 0 Å². The van der Waals surface area contributed by atoms with E-state index in [0.717, 1.165) is 12.1 Å². The van der Waals surface area contributed by atoms with Crippen LogP contribution in [0.5, 0.6) is 0 Å². The smallest absolute Gasteiger partial charge is 0.320 e. The number of hydrogen-bond acceptors (Lipinski definition) is 5. The molecule has 0 radical (unpaired) electrons. The third kappa shape index (κ3) is 4.95. The molecule has 186 valence electrons. The lowest BCUT2D eigenvalue weighted by Gasteiger charge is -2.11. The monoisotopic (exact) mass is 560 g/mol. The maximum Gasteiger partial charge on any atom is 0.433 e. The van der Waals surface area contributed by atoms with Crippen molar-refractivity contribution in [2.45, 2.75) is 6.18 Å². The van der Waals surface area contributed by atoms with Gasteiger partial charge in [0.1, 0.15) is 0 Å². The Kier molecular flexibility index (Phi) is 6.49. The lowest BCUT2D eigenvalue weighted by atomic mass is 10.0. The zero-order chi connectivity index (χ0) is 26.3. The molecule has 2 aromatic carbocycles. The van der Waals surface area contributed by atoms with E-state index in [9.17, 15) is 22.8 Å². The van der Waals surface area contributed by atoms with E-state index in [0.29, 0.717) is 9.39 Å². The largest absolute Gasteiger partial charge is 0.433 e. The van der Waals surface area contributed by atoms with Gasteiger partial charge < -0.3 is 5.32 Å². The Labute approximate surface area is 221 Å². The molecule has 12 heteroatoms. The zero-order valence-electron chi connectivity index (χ0n) is 18.4. The molecule has 0 unspecified atom stereocenters. The Hall–Kier alpha value is -3.73. The zero-order valence-corrected chi connectivity index (χ0v) is 20.7. The number of carbonyl (C=O) groups is 2. The van der Waals surface area contributed by atoms with Gasteiger partial charge >= 0.3 is 6.18 Å². The van der Waals surface area contributed by atoms with Crippen molar-refractivity contribution in [2.75, 3.05) is 5.32 Å². The minimum Gasteiger partial charge on any atom is -0.320 e. The number of fused-ring (bicyclic) bond motifs is 1. The van der Waals surface area contributed by atoms with Crippen molar-refractivity contribution in [3.63, 3.8) is 0 Å². The van der Waals surface area contributed by atoms with Gasteiger partial charge in [0.25, 0.3) is 5.91 Å². The maximum atomic E-state index is 13.8. The molecule has 5 rings (SSSR count). The number of benzene rings is 2. The summed E-state index contributed by atoms with van der Waals surface area (Å²) in [5.41, 5.74) is -1.14. The van der Waals surface area contributed by atoms with Gasteiger partial charge in [-0.15, -0.1) is 11.3 Å². The van der Waals surface area contributed by atoms with Crippen molar-refractivity contribution < 1.29 is 22.8 Å². The second-order valence-corrected chi connectivity index (χ2v) is 9.55. The van der Waals surface area contributed by atoms with Gasteiger partial charge in [-0.2, -0.15) is 18.3 Å². The molecule has 3 aromatic heterocycles. The summed E-state index contributed by atoms with van der Waals surface area (Å²) in [6.07, 6.45) is -4.75. The van der Waals surface area contributed by atoms with Gasteiger partial charge in [-0.1, -0.05) is 41.4 Å². The van der Waals surface area contributed by atoms with Crippen molar-refractivity contribution in [3.8, 4) is 10.6 Å². The molecule has 0 atom stereocenters. The molecule has 3 heterocycles. The summed E-state index contributed by atoms with van der Waals surface area (Å²) in [4.78, 5) is 31.0. The van der Waals surface area contributed by atoms with Crippen molar-refractivity contribution in [1.82, 2.24) is 14.6 Å². The highest BCUT2D eigenvalue weighted by Crippen LogP contribution is 2.34. The highest BCUT2D eigenvalue weighted by Gasteiger charge is 2.36. The standard InChI is InChI=1S/C25H13Cl2F3N4O2S/c26-13-7-8-17(15(10-13)23(35)14-4-1-2-5-16(14)27)32-24(36)19-12-22-31-18(20-6-3-9-37-20)11-21(25(28,29)30)34(22)33-19/h1-12H,(H,32,36). The van der Waals surface area contributed by atoms with Gasteiger partial charge in [0.05, 0.1) is 21.3 Å². The average molecular weight is 561 g/mol. The van der Waals surface area contributed by atoms with Crippen LogP contribution in [0.4, 0.5) is 18.9 Å². The molecule has 0 fully saturated rings. The maximum absolute atomic E-state index is 13.8. The third-order valence-corrected chi connectivity index (χ3v) is 6.77. The second kappa shape index (κ2) is 9.62. The van der Waals surface area contributed by atoms with Crippen LogP contribution >= 0.6 is 34.5 Å². The summed E-state index contributed by atoms with van der Waals surface area (Å²) in [5.74, 6) is -1.34. The van der Waals surface area contributed by atoms with E-state index < -0.39 is 23.6 Å². The number of rotatable bonds is 5. The fraction of sp³-hybridized carbons (Fsp3) is 0.0400. The molecule has 1 N–H and O–H groups in total. The van der Waals surface area contributed by atoms with Crippen LogP contribution in [-0.4, -0.2) is 26.3 Å². The highest BCUT2D eigenvalue weighted by atomic mass is 35.5. The molecule has 5 aromatic rings. The van der Waals surface area contributed by atoms with Crippen molar-refractivity contribution >= 4 is 57.6 Å². The molecule has 0 aliphatic heterocycles. The van der Waals surface area contributed by atoms with Crippen molar-refractivity contribution in [2.24, 2.45) is 0 Å². The van der Waals surface area contributed by atoms with Crippen LogP contribution in [0.2, 0.25) is 10.0 Å². The Bertz CT molecular complexity index is 1670. The minimum atomic E-state index is -4.75. The summed E-state index contributed by atoms with van der Waals surface area (Å²) < 4.78 is 42.0. The molecule has 0 spiro atoms. The highest BCUT2D eigenvalue weighted by molar-refractivity contribution is 7.13.